The first-order valence-electron chi connectivity index (χ1n) is 5.01. The van der Waals surface area contributed by atoms with Crippen LogP contribution in [0.2, 0.25) is 0 Å². The maximum absolute atomic E-state index is 11.8. The highest BCUT2D eigenvalue weighted by molar-refractivity contribution is 6.00. The Bertz CT molecular complexity index is 404. The van der Waals surface area contributed by atoms with E-state index in [1.54, 1.807) is 17.9 Å². The number of likely N-dealkylation sites (N-methyl/N-ethyl adjacent to an activating group) is 1. The zero-order valence-electron chi connectivity index (χ0n) is 8.86. The first kappa shape index (κ1) is 9.83. The van der Waals surface area contributed by atoms with Crippen LogP contribution in [-0.4, -0.2) is 18.6 Å². The van der Waals surface area contributed by atoms with Crippen molar-refractivity contribution in [1.82, 2.24) is 0 Å². The number of hydrogen-bond donors (Lipinski definition) is 1. The molecular formula is C11H14N2O2. The monoisotopic (exact) mass is 206 g/mol. The number of anilines is 2. The molecule has 0 saturated carbocycles. The predicted octanol–water partition coefficient (Wildman–Crippen LogP) is 1.40. The van der Waals surface area contributed by atoms with Crippen molar-refractivity contribution < 1.29 is 9.53 Å². The fourth-order valence-corrected chi connectivity index (χ4v) is 1.77. The minimum Gasteiger partial charge on any atom is -0.477 e. The lowest BCUT2D eigenvalue weighted by atomic mass is 10.1. The highest BCUT2D eigenvalue weighted by atomic mass is 16.5. The summed E-state index contributed by atoms with van der Waals surface area (Å²) in [4.78, 5) is 13.5. The summed E-state index contributed by atoms with van der Waals surface area (Å²) in [6.45, 7) is 4.30. The van der Waals surface area contributed by atoms with Gasteiger partial charge in [0.05, 0.1) is 11.4 Å². The minimum absolute atomic E-state index is 0.0180. The van der Waals surface area contributed by atoms with Crippen molar-refractivity contribution in [2.75, 3.05) is 17.2 Å². The summed E-state index contributed by atoms with van der Waals surface area (Å²) in [5.74, 6) is 0.599. The Morgan fingerprint density at radius 2 is 2.27 bits per heavy atom. The fraction of sp³-hybridized carbons (Fsp3) is 0.364. The number of rotatable bonds is 1. The quantitative estimate of drug-likeness (QED) is 0.707. The van der Waals surface area contributed by atoms with E-state index < -0.39 is 6.10 Å². The number of carbonyl (C=O) groups is 1. The first-order valence-corrected chi connectivity index (χ1v) is 5.01. The first-order chi connectivity index (χ1) is 7.15. The lowest BCUT2D eigenvalue weighted by Crippen LogP contribution is -2.44. The third-order valence-electron chi connectivity index (χ3n) is 2.54. The van der Waals surface area contributed by atoms with Crippen LogP contribution in [0.15, 0.2) is 18.2 Å². The summed E-state index contributed by atoms with van der Waals surface area (Å²) < 4.78 is 5.49. The topological polar surface area (TPSA) is 55.6 Å². The van der Waals surface area contributed by atoms with Crippen LogP contribution < -0.4 is 15.4 Å². The van der Waals surface area contributed by atoms with Crippen LogP contribution in [-0.2, 0) is 4.79 Å². The van der Waals surface area contributed by atoms with Crippen molar-refractivity contribution in [2.24, 2.45) is 0 Å². The lowest BCUT2D eigenvalue weighted by molar-refractivity contribution is -0.125. The van der Waals surface area contributed by atoms with Crippen molar-refractivity contribution >= 4 is 17.3 Å². The molecule has 4 heteroatoms. The Kier molecular flexibility index (Phi) is 2.26. The van der Waals surface area contributed by atoms with Crippen LogP contribution in [0.5, 0.6) is 5.75 Å². The molecule has 1 unspecified atom stereocenters. The number of amides is 1. The standard InChI is InChI=1S/C11H14N2O2/c1-3-13-9-6-4-5-8(12)10(9)15-7(2)11(13)14/h4-7H,3,12H2,1-2H3. The molecule has 80 valence electrons. The number of fused-ring (bicyclic) bond motifs is 1. The fourth-order valence-electron chi connectivity index (χ4n) is 1.77. The van der Waals surface area contributed by atoms with Gasteiger partial charge in [-0.05, 0) is 26.0 Å². The zero-order chi connectivity index (χ0) is 11.0. The molecule has 0 aromatic heterocycles. The molecule has 4 nitrogen and oxygen atoms in total. The molecule has 0 radical (unpaired) electrons. The summed E-state index contributed by atoms with van der Waals surface area (Å²) in [7, 11) is 0. The number of nitrogens with two attached hydrogens (primary N) is 1. The normalized spacial score (nSPS) is 19.7. The van der Waals surface area contributed by atoms with Crippen LogP contribution in [0.1, 0.15) is 13.8 Å². The Balaban J connectivity index is 2.54. The van der Waals surface area contributed by atoms with Crippen LogP contribution in [0.3, 0.4) is 0 Å². The van der Waals surface area contributed by atoms with E-state index >= 15 is 0 Å². The van der Waals surface area contributed by atoms with Gasteiger partial charge in [0.1, 0.15) is 0 Å². The van der Waals surface area contributed by atoms with Gasteiger partial charge in [0.25, 0.3) is 5.91 Å². The van der Waals surface area contributed by atoms with E-state index in [-0.39, 0.29) is 5.91 Å². The molecule has 1 amide bonds. The molecule has 15 heavy (non-hydrogen) atoms. The maximum Gasteiger partial charge on any atom is 0.267 e. The number of benzene rings is 1. The van der Waals surface area contributed by atoms with E-state index in [0.717, 1.165) is 5.69 Å². The van der Waals surface area contributed by atoms with Crippen LogP contribution >= 0.6 is 0 Å². The van der Waals surface area contributed by atoms with Gasteiger partial charge in [-0.3, -0.25) is 4.79 Å². The average Bonchev–Trinajstić information content (AvgIpc) is 2.22. The summed E-state index contributed by atoms with van der Waals surface area (Å²) in [6.07, 6.45) is -0.456. The molecule has 0 aliphatic carbocycles. The zero-order valence-corrected chi connectivity index (χ0v) is 8.86. The second kappa shape index (κ2) is 3.46. The second-order valence-electron chi connectivity index (χ2n) is 3.54. The van der Waals surface area contributed by atoms with E-state index in [0.29, 0.717) is 18.0 Å². The van der Waals surface area contributed by atoms with Gasteiger partial charge in [-0.1, -0.05) is 6.07 Å². The molecule has 0 fully saturated rings. The van der Waals surface area contributed by atoms with Crippen molar-refractivity contribution in [2.45, 2.75) is 20.0 Å². The average molecular weight is 206 g/mol. The minimum atomic E-state index is -0.456. The number of hydrogen-bond acceptors (Lipinski definition) is 3. The van der Waals surface area contributed by atoms with E-state index in [9.17, 15) is 4.79 Å². The lowest BCUT2D eigenvalue weighted by Gasteiger charge is -2.32. The number of para-hydroxylation sites is 1. The Morgan fingerprint density at radius 3 is 2.93 bits per heavy atom. The van der Waals surface area contributed by atoms with E-state index in [1.165, 1.54) is 0 Å². The van der Waals surface area contributed by atoms with Gasteiger partial charge >= 0.3 is 0 Å². The number of ether oxygens (including phenoxy) is 1. The van der Waals surface area contributed by atoms with Crippen molar-refractivity contribution in [3.63, 3.8) is 0 Å². The predicted molar refractivity (Wildman–Crippen MR) is 59.0 cm³/mol. The summed E-state index contributed by atoms with van der Waals surface area (Å²) >= 11 is 0. The smallest absolute Gasteiger partial charge is 0.267 e. The third-order valence-corrected chi connectivity index (χ3v) is 2.54. The summed E-state index contributed by atoms with van der Waals surface area (Å²) in [5.41, 5.74) is 7.14. The molecule has 1 aromatic carbocycles. The molecule has 1 aliphatic heterocycles. The van der Waals surface area contributed by atoms with Gasteiger partial charge in [0, 0.05) is 6.54 Å². The molecule has 1 heterocycles. The molecule has 2 rings (SSSR count). The van der Waals surface area contributed by atoms with E-state index in [4.69, 9.17) is 10.5 Å². The Labute approximate surface area is 88.6 Å². The van der Waals surface area contributed by atoms with Crippen molar-refractivity contribution in [1.29, 1.82) is 0 Å². The van der Waals surface area contributed by atoms with Gasteiger partial charge in [-0.2, -0.15) is 0 Å². The van der Waals surface area contributed by atoms with Gasteiger partial charge in [-0.15, -0.1) is 0 Å². The van der Waals surface area contributed by atoms with Crippen molar-refractivity contribution in [3.8, 4) is 5.75 Å². The molecule has 1 aliphatic rings. The number of nitrogens with zero attached hydrogens (tertiary/aromatic N) is 1. The summed E-state index contributed by atoms with van der Waals surface area (Å²) in [6, 6.07) is 5.44. The molecule has 1 aromatic rings. The highest BCUT2D eigenvalue weighted by Gasteiger charge is 2.31. The Hall–Kier alpha value is -1.71. The molecule has 1 atom stereocenters. The molecule has 0 saturated heterocycles. The molecule has 0 bridgehead atoms. The number of carbonyl (C=O) groups excluding carboxylic acids is 1. The van der Waals surface area contributed by atoms with Crippen LogP contribution in [0.25, 0.3) is 0 Å². The molecule has 2 N–H and O–H groups in total. The Morgan fingerprint density at radius 1 is 1.53 bits per heavy atom. The molecule has 0 spiro atoms. The summed E-state index contributed by atoms with van der Waals surface area (Å²) in [5, 5.41) is 0. The van der Waals surface area contributed by atoms with Gasteiger partial charge < -0.3 is 15.4 Å². The van der Waals surface area contributed by atoms with Gasteiger partial charge in [-0.25, -0.2) is 0 Å². The largest absolute Gasteiger partial charge is 0.477 e. The number of nitrogen functional groups attached to an aromatic ring is 1. The van der Waals surface area contributed by atoms with Crippen molar-refractivity contribution in [3.05, 3.63) is 18.2 Å². The van der Waals surface area contributed by atoms with E-state index in [2.05, 4.69) is 0 Å². The van der Waals surface area contributed by atoms with Gasteiger partial charge in [0.15, 0.2) is 11.9 Å². The highest BCUT2D eigenvalue weighted by Crippen LogP contribution is 2.38. The van der Waals surface area contributed by atoms with E-state index in [1.807, 2.05) is 19.1 Å². The van der Waals surface area contributed by atoms with Gasteiger partial charge in [0.2, 0.25) is 0 Å². The van der Waals surface area contributed by atoms with Crippen LogP contribution in [0, 0.1) is 0 Å². The SMILES string of the molecule is CCN1C(=O)C(C)Oc2c(N)cccc21. The third kappa shape index (κ3) is 1.42. The maximum atomic E-state index is 11.8. The van der Waals surface area contributed by atoms with Crippen LogP contribution in [0.4, 0.5) is 11.4 Å². The second-order valence-corrected chi connectivity index (χ2v) is 3.54. The molecular weight excluding hydrogens is 192 g/mol.